The zero-order valence-electron chi connectivity index (χ0n) is 9.27. The fourth-order valence-corrected chi connectivity index (χ4v) is 1.66. The van der Waals surface area contributed by atoms with Gasteiger partial charge in [0, 0.05) is 12.2 Å². The van der Waals surface area contributed by atoms with Crippen LogP contribution in [-0.4, -0.2) is 9.55 Å². The van der Waals surface area contributed by atoms with Crippen LogP contribution in [0.4, 0.5) is 5.69 Å². The molecule has 2 N–H and O–H groups in total. The summed E-state index contributed by atoms with van der Waals surface area (Å²) in [5.74, 6) is 0.719. The molecule has 0 fully saturated rings. The van der Waals surface area contributed by atoms with E-state index in [1.165, 1.54) is 11.9 Å². The SMILES string of the molecule is CC(C)CCn1cnc2cc(N)ccc21. The molecular weight excluding hydrogens is 186 g/mol. The van der Waals surface area contributed by atoms with Crippen molar-refractivity contribution in [3.05, 3.63) is 24.5 Å². The molecule has 3 nitrogen and oxygen atoms in total. The zero-order chi connectivity index (χ0) is 10.8. The molecule has 3 heteroatoms. The molecule has 0 unspecified atom stereocenters. The Morgan fingerprint density at radius 1 is 1.40 bits per heavy atom. The van der Waals surface area contributed by atoms with E-state index in [0.717, 1.165) is 23.7 Å². The maximum atomic E-state index is 5.71. The average molecular weight is 203 g/mol. The summed E-state index contributed by atoms with van der Waals surface area (Å²) in [6.07, 6.45) is 3.07. The molecule has 0 spiro atoms. The molecule has 0 atom stereocenters. The van der Waals surface area contributed by atoms with Gasteiger partial charge in [-0.3, -0.25) is 0 Å². The van der Waals surface area contributed by atoms with Crippen molar-refractivity contribution in [1.82, 2.24) is 9.55 Å². The third-order valence-electron chi connectivity index (χ3n) is 2.59. The third-order valence-corrected chi connectivity index (χ3v) is 2.59. The summed E-state index contributed by atoms with van der Waals surface area (Å²) in [7, 11) is 0. The highest BCUT2D eigenvalue weighted by atomic mass is 15.0. The van der Waals surface area contributed by atoms with Crippen molar-refractivity contribution < 1.29 is 0 Å². The number of nitrogen functional groups attached to an aromatic ring is 1. The van der Waals surface area contributed by atoms with E-state index in [9.17, 15) is 0 Å². The lowest BCUT2D eigenvalue weighted by Crippen LogP contribution is -1.99. The van der Waals surface area contributed by atoms with Crippen molar-refractivity contribution in [2.75, 3.05) is 5.73 Å². The molecule has 80 valence electrons. The predicted octanol–water partition coefficient (Wildman–Crippen LogP) is 2.66. The fraction of sp³-hybridized carbons (Fsp3) is 0.417. The molecule has 0 saturated heterocycles. The summed E-state index contributed by atoms with van der Waals surface area (Å²) >= 11 is 0. The summed E-state index contributed by atoms with van der Waals surface area (Å²) < 4.78 is 2.19. The fourth-order valence-electron chi connectivity index (χ4n) is 1.66. The molecule has 0 aliphatic heterocycles. The lowest BCUT2D eigenvalue weighted by atomic mass is 10.1. The lowest BCUT2D eigenvalue weighted by Gasteiger charge is -2.06. The molecule has 2 rings (SSSR count). The van der Waals surface area contributed by atoms with E-state index in [2.05, 4.69) is 23.4 Å². The van der Waals surface area contributed by atoms with Gasteiger partial charge in [-0.25, -0.2) is 4.98 Å². The van der Waals surface area contributed by atoms with Crippen molar-refractivity contribution in [2.45, 2.75) is 26.8 Å². The highest BCUT2D eigenvalue weighted by molar-refractivity contribution is 5.78. The van der Waals surface area contributed by atoms with Gasteiger partial charge in [0.2, 0.25) is 0 Å². The Labute approximate surface area is 89.9 Å². The molecule has 15 heavy (non-hydrogen) atoms. The Kier molecular flexibility index (Phi) is 2.62. The van der Waals surface area contributed by atoms with Gasteiger partial charge in [-0.1, -0.05) is 13.8 Å². The van der Waals surface area contributed by atoms with Gasteiger partial charge >= 0.3 is 0 Å². The first-order valence-electron chi connectivity index (χ1n) is 5.37. The van der Waals surface area contributed by atoms with Crippen LogP contribution in [0.25, 0.3) is 11.0 Å². The maximum Gasteiger partial charge on any atom is 0.0958 e. The molecular formula is C12H17N3. The third kappa shape index (κ3) is 2.12. The van der Waals surface area contributed by atoms with Gasteiger partial charge < -0.3 is 10.3 Å². The number of fused-ring (bicyclic) bond motifs is 1. The van der Waals surface area contributed by atoms with Crippen LogP contribution in [0.15, 0.2) is 24.5 Å². The van der Waals surface area contributed by atoms with Crippen LogP contribution in [0.5, 0.6) is 0 Å². The first-order valence-corrected chi connectivity index (χ1v) is 5.37. The Morgan fingerprint density at radius 3 is 2.93 bits per heavy atom. The van der Waals surface area contributed by atoms with E-state index in [-0.39, 0.29) is 0 Å². The molecule has 1 aromatic carbocycles. The molecule has 2 aromatic rings. The Balaban J connectivity index is 2.29. The molecule has 0 aliphatic carbocycles. The first-order chi connectivity index (χ1) is 7.16. The largest absolute Gasteiger partial charge is 0.399 e. The topological polar surface area (TPSA) is 43.8 Å². The molecule has 0 amide bonds. The summed E-state index contributed by atoms with van der Waals surface area (Å²) in [5, 5.41) is 0. The number of anilines is 1. The highest BCUT2D eigenvalue weighted by Crippen LogP contribution is 2.17. The van der Waals surface area contributed by atoms with Crippen molar-refractivity contribution in [3.8, 4) is 0 Å². The molecule has 1 heterocycles. The predicted molar refractivity (Wildman–Crippen MR) is 63.6 cm³/mol. The van der Waals surface area contributed by atoms with E-state index >= 15 is 0 Å². The Hall–Kier alpha value is -1.51. The number of nitrogens with zero attached hydrogens (tertiary/aromatic N) is 2. The van der Waals surface area contributed by atoms with Gasteiger partial charge in [-0.2, -0.15) is 0 Å². The quantitative estimate of drug-likeness (QED) is 0.779. The molecule has 1 aromatic heterocycles. The number of aromatic nitrogens is 2. The number of imidazole rings is 1. The second kappa shape index (κ2) is 3.93. The van der Waals surface area contributed by atoms with Gasteiger partial charge in [-0.15, -0.1) is 0 Å². The van der Waals surface area contributed by atoms with Crippen LogP contribution in [-0.2, 0) is 6.54 Å². The Morgan fingerprint density at radius 2 is 2.20 bits per heavy atom. The van der Waals surface area contributed by atoms with E-state index in [1.807, 2.05) is 24.5 Å². The van der Waals surface area contributed by atoms with Crippen molar-refractivity contribution >= 4 is 16.7 Å². The van der Waals surface area contributed by atoms with Gasteiger partial charge in [0.1, 0.15) is 0 Å². The Bertz CT molecular complexity index is 457. The van der Waals surface area contributed by atoms with Crippen LogP contribution in [0.1, 0.15) is 20.3 Å². The van der Waals surface area contributed by atoms with Crippen LogP contribution < -0.4 is 5.73 Å². The second-order valence-electron chi connectivity index (χ2n) is 4.37. The van der Waals surface area contributed by atoms with Crippen molar-refractivity contribution in [3.63, 3.8) is 0 Å². The van der Waals surface area contributed by atoms with Crippen molar-refractivity contribution in [2.24, 2.45) is 5.92 Å². The monoisotopic (exact) mass is 203 g/mol. The van der Waals surface area contributed by atoms with E-state index < -0.39 is 0 Å². The molecule has 0 bridgehead atoms. The number of hydrogen-bond donors (Lipinski definition) is 1. The van der Waals surface area contributed by atoms with Crippen LogP contribution in [0.3, 0.4) is 0 Å². The van der Waals surface area contributed by atoms with E-state index in [4.69, 9.17) is 5.73 Å². The van der Waals surface area contributed by atoms with Gasteiger partial charge in [0.15, 0.2) is 0 Å². The minimum atomic E-state index is 0.719. The van der Waals surface area contributed by atoms with E-state index in [0.29, 0.717) is 0 Å². The smallest absolute Gasteiger partial charge is 0.0958 e. The summed E-state index contributed by atoms with van der Waals surface area (Å²) in [6, 6.07) is 5.88. The average Bonchev–Trinajstić information content (AvgIpc) is 2.57. The molecule has 0 saturated carbocycles. The number of aryl methyl sites for hydroxylation is 1. The minimum absolute atomic E-state index is 0.719. The van der Waals surface area contributed by atoms with Crippen LogP contribution >= 0.6 is 0 Å². The number of hydrogen-bond acceptors (Lipinski definition) is 2. The van der Waals surface area contributed by atoms with Gasteiger partial charge in [0.05, 0.1) is 17.4 Å². The lowest BCUT2D eigenvalue weighted by molar-refractivity contribution is 0.523. The van der Waals surface area contributed by atoms with E-state index in [1.54, 1.807) is 0 Å². The number of benzene rings is 1. The van der Waals surface area contributed by atoms with Gasteiger partial charge in [-0.05, 0) is 30.5 Å². The summed E-state index contributed by atoms with van der Waals surface area (Å²) in [6.45, 7) is 5.49. The maximum absolute atomic E-state index is 5.71. The summed E-state index contributed by atoms with van der Waals surface area (Å²) in [5.41, 5.74) is 8.64. The summed E-state index contributed by atoms with van der Waals surface area (Å²) in [4.78, 5) is 4.34. The van der Waals surface area contributed by atoms with Crippen molar-refractivity contribution in [1.29, 1.82) is 0 Å². The van der Waals surface area contributed by atoms with Crippen LogP contribution in [0, 0.1) is 5.92 Å². The molecule has 0 radical (unpaired) electrons. The standard InChI is InChI=1S/C12H17N3/c1-9(2)5-6-15-8-14-11-7-10(13)3-4-12(11)15/h3-4,7-9H,5-6,13H2,1-2H3. The first kappa shape index (κ1) is 10.0. The highest BCUT2D eigenvalue weighted by Gasteiger charge is 2.03. The second-order valence-corrected chi connectivity index (χ2v) is 4.37. The zero-order valence-corrected chi connectivity index (χ0v) is 9.27. The number of nitrogens with two attached hydrogens (primary N) is 1. The molecule has 0 aliphatic rings. The van der Waals surface area contributed by atoms with Crippen LogP contribution in [0.2, 0.25) is 0 Å². The normalized spacial score (nSPS) is 11.4. The van der Waals surface area contributed by atoms with Gasteiger partial charge in [0.25, 0.3) is 0 Å². The number of rotatable bonds is 3. The minimum Gasteiger partial charge on any atom is -0.399 e.